The maximum Gasteiger partial charge on any atom is 0.339 e. The molecule has 0 radical (unpaired) electrons. The molecule has 0 spiro atoms. The Kier molecular flexibility index (Phi) is 6.16. The number of benzene rings is 3. The maximum absolute atomic E-state index is 12.8. The minimum atomic E-state index is -0.603. The predicted octanol–water partition coefficient (Wildman–Crippen LogP) is 5.63. The van der Waals surface area contributed by atoms with Gasteiger partial charge in [-0.05, 0) is 34.9 Å². The van der Waals surface area contributed by atoms with Gasteiger partial charge in [-0.1, -0.05) is 60.7 Å². The molecule has 4 aromatic rings. The maximum atomic E-state index is 12.8. The minimum Gasteiger partial charge on any atom is -0.465 e. The van der Waals surface area contributed by atoms with E-state index in [9.17, 15) is 14.9 Å². The monoisotopic (exact) mass is 468 g/mol. The zero-order chi connectivity index (χ0) is 24.4. The van der Waals surface area contributed by atoms with E-state index >= 15 is 0 Å². The molecule has 0 aliphatic carbocycles. The van der Waals surface area contributed by atoms with Crippen LogP contribution in [0.1, 0.15) is 50.6 Å². The fourth-order valence-electron chi connectivity index (χ4n) is 4.64. The molecule has 0 saturated carbocycles. The summed E-state index contributed by atoms with van der Waals surface area (Å²) in [6.45, 7) is 0.530. The molecular weight excluding hydrogens is 444 g/mol. The van der Waals surface area contributed by atoms with Gasteiger partial charge in [-0.25, -0.2) is 4.79 Å². The van der Waals surface area contributed by atoms with Crippen molar-refractivity contribution in [3.05, 3.63) is 135 Å². The van der Waals surface area contributed by atoms with Crippen LogP contribution in [0.25, 0.3) is 0 Å². The summed E-state index contributed by atoms with van der Waals surface area (Å²) in [6.07, 6.45) is -0.232. The van der Waals surface area contributed by atoms with Gasteiger partial charge in [0.1, 0.15) is 12.2 Å². The molecule has 7 heteroatoms. The summed E-state index contributed by atoms with van der Waals surface area (Å²) in [5, 5.41) is 11.2. The Morgan fingerprint density at radius 2 is 1.66 bits per heavy atom. The van der Waals surface area contributed by atoms with E-state index in [4.69, 9.17) is 9.47 Å². The van der Waals surface area contributed by atoms with Crippen molar-refractivity contribution >= 4 is 11.7 Å². The van der Waals surface area contributed by atoms with Gasteiger partial charge in [0.05, 0.1) is 29.8 Å². The zero-order valence-corrected chi connectivity index (χ0v) is 19.2. The van der Waals surface area contributed by atoms with Crippen molar-refractivity contribution in [1.82, 2.24) is 4.57 Å². The Bertz CT molecular complexity index is 1350. The second-order valence-electron chi connectivity index (χ2n) is 8.46. The van der Waals surface area contributed by atoms with Crippen LogP contribution in [0.4, 0.5) is 5.69 Å². The van der Waals surface area contributed by atoms with Crippen molar-refractivity contribution < 1.29 is 19.2 Å². The number of hydrogen-bond donors (Lipinski definition) is 0. The number of esters is 1. The van der Waals surface area contributed by atoms with Crippen molar-refractivity contribution in [2.24, 2.45) is 0 Å². The van der Waals surface area contributed by atoms with Crippen molar-refractivity contribution in [2.45, 2.75) is 25.2 Å². The highest BCUT2D eigenvalue weighted by Gasteiger charge is 2.36. The molecule has 3 aromatic carbocycles. The number of carbonyl (C=O) groups excluding carboxylic acids is 1. The summed E-state index contributed by atoms with van der Waals surface area (Å²) in [7, 11) is 1.36. The number of non-ortho nitro benzene ring substituents is 1. The van der Waals surface area contributed by atoms with Gasteiger partial charge in [-0.2, -0.15) is 0 Å². The van der Waals surface area contributed by atoms with Crippen molar-refractivity contribution in [3.63, 3.8) is 0 Å². The molecule has 2 heterocycles. The van der Waals surface area contributed by atoms with Crippen LogP contribution in [0.5, 0.6) is 0 Å². The lowest BCUT2D eigenvalue weighted by molar-refractivity contribution is -0.384. The van der Waals surface area contributed by atoms with Crippen LogP contribution in [0.3, 0.4) is 0 Å². The summed E-state index contributed by atoms with van der Waals surface area (Å²) in [4.78, 5) is 23.6. The second kappa shape index (κ2) is 9.56. The molecule has 7 nitrogen and oxygen atoms in total. The quantitative estimate of drug-likeness (QED) is 0.208. The number of aromatic nitrogens is 1. The van der Waals surface area contributed by atoms with E-state index in [1.165, 1.54) is 19.2 Å². The van der Waals surface area contributed by atoms with Crippen LogP contribution in [0, 0.1) is 10.1 Å². The molecule has 0 N–H and O–H groups in total. The molecule has 0 fully saturated rings. The Balaban J connectivity index is 1.66. The first-order chi connectivity index (χ1) is 17.0. The van der Waals surface area contributed by atoms with Crippen LogP contribution in [-0.4, -0.2) is 22.6 Å². The van der Waals surface area contributed by atoms with Gasteiger partial charge in [-0.3, -0.25) is 10.1 Å². The molecule has 176 valence electrons. The molecule has 5 rings (SSSR count). The van der Waals surface area contributed by atoms with E-state index < -0.39 is 17.0 Å². The zero-order valence-electron chi connectivity index (χ0n) is 19.2. The number of hydrogen-bond acceptors (Lipinski definition) is 5. The van der Waals surface area contributed by atoms with Gasteiger partial charge in [-0.15, -0.1) is 0 Å². The van der Waals surface area contributed by atoms with E-state index in [1.54, 1.807) is 12.1 Å². The van der Waals surface area contributed by atoms with Crippen LogP contribution in [0.15, 0.2) is 91.0 Å². The van der Waals surface area contributed by atoms with Gasteiger partial charge in [0.2, 0.25) is 0 Å². The topological polar surface area (TPSA) is 83.6 Å². The lowest BCUT2D eigenvalue weighted by Gasteiger charge is -2.34. The number of ether oxygens (including phenoxy) is 2. The summed E-state index contributed by atoms with van der Waals surface area (Å²) < 4.78 is 13.8. The minimum absolute atomic E-state index is 0.00231. The molecule has 2 atom stereocenters. The summed E-state index contributed by atoms with van der Waals surface area (Å²) in [5.74, 6) is -0.443. The number of nitrogens with zero attached hydrogens (tertiary/aromatic N) is 2. The van der Waals surface area contributed by atoms with Crippen LogP contribution >= 0.6 is 0 Å². The third-order valence-electron chi connectivity index (χ3n) is 6.33. The molecule has 1 aliphatic heterocycles. The average molecular weight is 469 g/mol. The van der Waals surface area contributed by atoms with Crippen LogP contribution in [-0.2, 0) is 22.4 Å². The van der Waals surface area contributed by atoms with Crippen LogP contribution < -0.4 is 0 Å². The van der Waals surface area contributed by atoms with E-state index in [0.717, 1.165) is 22.4 Å². The van der Waals surface area contributed by atoms with E-state index in [0.29, 0.717) is 24.2 Å². The summed E-state index contributed by atoms with van der Waals surface area (Å²) in [6, 6.07) is 28.2. The van der Waals surface area contributed by atoms with Gasteiger partial charge >= 0.3 is 5.97 Å². The molecule has 0 bridgehead atoms. The molecular formula is C28H24N2O5. The first kappa shape index (κ1) is 22.6. The van der Waals surface area contributed by atoms with Crippen LogP contribution in [0.2, 0.25) is 0 Å². The Hall–Kier alpha value is -4.23. The largest absolute Gasteiger partial charge is 0.465 e. The SMILES string of the molecule is COC(=O)c1cc(Cc2ccccc2)n2c1[C@H](c1ccc([N+](=O)[O-])cc1)O[C@H](c1ccccc1)C2. The first-order valence-electron chi connectivity index (χ1n) is 11.3. The standard InChI is InChI=1S/C28H24N2O5/c1-34-28(31)24-17-23(16-19-8-4-2-5-9-19)29-18-25(20-10-6-3-7-11-20)35-27(26(24)29)21-12-14-22(15-13-21)30(32)33/h2-15,17,25,27H,16,18H2,1H3/t25-,27-/m0/s1. The third kappa shape index (κ3) is 4.46. The predicted molar refractivity (Wildman–Crippen MR) is 130 cm³/mol. The number of nitro groups is 1. The Morgan fingerprint density at radius 1 is 1.00 bits per heavy atom. The third-order valence-corrected chi connectivity index (χ3v) is 6.33. The fourth-order valence-corrected chi connectivity index (χ4v) is 4.64. The van der Waals surface area contributed by atoms with E-state index in [-0.39, 0.29) is 11.8 Å². The number of rotatable bonds is 6. The number of carbonyl (C=O) groups is 1. The number of methoxy groups -OCH3 is 1. The highest BCUT2D eigenvalue weighted by molar-refractivity contribution is 5.91. The Morgan fingerprint density at radius 3 is 2.29 bits per heavy atom. The highest BCUT2D eigenvalue weighted by Crippen LogP contribution is 2.42. The molecule has 0 amide bonds. The first-order valence-corrected chi connectivity index (χ1v) is 11.3. The van der Waals surface area contributed by atoms with Gasteiger partial charge in [0.15, 0.2) is 0 Å². The normalized spacial score (nSPS) is 16.9. The number of fused-ring (bicyclic) bond motifs is 1. The molecule has 0 unspecified atom stereocenters. The molecule has 0 saturated heterocycles. The Labute approximate surface area is 202 Å². The second-order valence-corrected chi connectivity index (χ2v) is 8.46. The highest BCUT2D eigenvalue weighted by atomic mass is 16.6. The smallest absolute Gasteiger partial charge is 0.339 e. The number of nitro benzene ring substituents is 1. The van der Waals surface area contributed by atoms with Gasteiger partial charge in [0.25, 0.3) is 5.69 Å². The average Bonchev–Trinajstić information content (AvgIpc) is 3.27. The molecule has 1 aliphatic rings. The lowest BCUT2D eigenvalue weighted by Crippen LogP contribution is -2.28. The lowest BCUT2D eigenvalue weighted by atomic mass is 9.99. The van der Waals surface area contributed by atoms with Gasteiger partial charge < -0.3 is 14.0 Å². The van der Waals surface area contributed by atoms with Crippen molar-refractivity contribution in [2.75, 3.05) is 7.11 Å². The van der Waals surface area contributed by atoms with Gasteiger partial charge in [0, 0.05) is 24.2 Å². The summed E-state index contributed by atoms with van der Waals surface area (Å²) in [5.41, 5.74) is 4.98. The summed E-state index contributed by atoms with van der Waals surface area (Å²) >= 11 is 0. The van der Waals surface area contributed by atoms with Crippen molar-refractivity contribution in [3.8, 4) is 0 Å². The van der Waals surface area contributed by atoms with Crippen molar-refractivity contribution in [1.29, 1.82) is 0 Å². The van der Waals surface area contributed by atoms with E-state index in [2.05, 4.69) is 16.7 Å². The van der Waals surface area contributed by atoms with E-state index in [1.807, 2.05) is 54.6 Å². The molecule has 35 heavy (non-hydrogen) atoms. The fraction of sp³-hybridized carbons (Fsp3) is 0.179. The molecule has 1 aromatic heterocycles.